The van der Waals surface area contributed by atoms with Crippen molar-refractivity contribution in [2.75, 3.05) is 11.9 Å². The average Bonchev–Trinajstić information content (AvgIpc) is 3.12. The topological polar surface area (TPSA) is 59.0 Å². The minimum Gasteiger partial charge on any atom is -0.313 e. The van der Waals surface area contributed by atoms with Crippen molar-refractivity contribution in [3.8, 4) is 0 Å². The smallest absolute Gasteiger partial charge is 0.227 e. The van der Waals surface area contributed by atoms with Gasteiger partial charge < -0.3 is 10.6 Å². The number of benzene rings is 1. The fourth-order valence-electron chi connectivity index (χ4n) is 2.72. The van der Waals surface area contributed by atoms with Crippen LogP contribution in [-0.2, 0) is 11.3 Å². The van der Waals surface area contributed by atoms with Crippen LogP contribution in [0.15, 0.2) is 41.0 Å². The summed E-state index contributed by atoms with van der Waals surface area (Å²) in [4.78, 5) is 12.1. The Balaban J connectivity index is 1.62. The third-order valence-corrected chi connectivity index (χ3v) is 4.29. The largest absolute Gasteiger partial charge is 0.313 e. The van der Waals surface area contributed by atoms with Gasteiger partial charge in [0, 0.05) is 23.0 Å². The molecule has 116 valence electrons. The van der Waals surface area contributed by atoms with Crippen LogP contribution < -0.4 is 10.6 Å². The summed E-state index contributed by atoms with van der Waals surface area (Å²) < 4.78 is 2.84. The van der Waals surface area contributed by atoms with Crippen molar-refractivity contribution in [2.24, 2.45) is 0 Å². The van der Waals surface area contributed by atoms with E-state index in [-0.39, 0.29) is 5.91 Å². The van der Waals surface area contributed by atoms with Crippen LogP contribution in [0.1, 0.15) is 24.8 Å². The van der Waals surface area contributed by atoms with Gasteiger partial charge in [0.05, 0.1) is 12.7 Å². The molecule has 0 radical (unpaired) electrons. The Morgan fingerprint density at radius 1 is 1.45 bits per heavy atom. The third-order valence-electron chi connectivity index (χ3n) is 3.80. The first-order valence-corrected chi connectivity index (χ1v) is 8.29. The predicted octanol–water partition coefficient (Wildman–Crippen LogP) is 2.77. The molecule has 2 aromatic rings. The summed E-state index contributed by atoms with van der Waals surface area (Å²) in [5.74, 6) is 0.776. The van der Waals surface area contributed by atoms with Crippen LogP contribution in [0, 0.1) is 0 Å². The van der Waals surface area contributed by atoms with E-state index in [1.54, 1.807) is 6.20 Å². The van der Waals surface area contributed by atoms with E-state index < -0.39 is 0 Å². The molecule has 1 atom stereocenters. The zero-order chi connectivity index (χ0) is 15.4. The molecule has 0 aliphatic carbocycles. The molecule has 1 amide bonds. The van der Waals surface area contributed by atoms with Gasteiger partial charge in [0.25, 0.3) is 0 Å². The second-order valence-electron chi connectivity index (χ2n) is 5.55. The number of hydrogen-bond donors (Lipinski definition) is 2. The van der Waals surface area contributed by atoms with Crippen molar-refractivity contribution in [1.29, 1.82) is 0 Å². The van der Waals surface area contributed by atoms with Gasteiger partial charge >= 0.3 is 0 Å². The standard InChI is InChI=1S/C16H19BrN4O/c17-13-4-1-3-12(9-13)11-21-15(6-8-19-21)20-16(22)10-14-5-2-7-18-14/h1,3-4,6,8-9,14,18H,2,5,7,10-11H2,(H,20,22). The normalized spacial score (nSPS) is 17.6. The lowest BCUT2D eigenvalue weighted by Crippen LogP contribution is -2.28. The first-order valence-electron chi connectivity index (χ1n) is 7.50. The number of nitrogens with one attached hydrogen (secondary N) is 2. The van der Waals surface area contributed by atoms with Crippen molar-refractivity contribution in [2.45, 2.75) is 31.8 Å². The maximum absolute atomic E-state index is 12.1. The summed E-state index contributed by atoms with van der Waals surface area (Å²) in [6.45, 7) is 1.64. The van der Waals surface area contributed by atoms with Gasteiger partial charge in [0.15, 0.2) is 0 Å². The van der Waals surface area contributed by atoms with Crippen molar-refractivity contribution in [3.05, 3.63) is 46.6 Å². The SMILES string of the molecule is O=C(CC1CCCN1)Nc1ccnn1Cc1cccc(Br)c1. The Hall–Kier alpha value is -1.66. The van der Waals surface area contributed by atoms with Gasteiger partial charge in [-0.3, -0.25) is 4.79 Å². The van der Waals surface area contributed by atoms with E-state index in [2.05, 4.69) is 37.7 Å². The van der Waals surface area contributed by atoms with Gasteiger partial charge in [-0.15, -0.1) is 0 Å². The highest BCUT2D eigenvalue weighted by Crippen LogP contribution is 2.16. The van der Waals surface area contributed by atoms with Crippen LogP contribution in [0.3, 0.4) is 0 Å². The Morgan fingerprint density at radius 2 is 2.36 bits per heavy atom. The summed E-state index contributed by atoms with van der Waals surface area (Å²) in [5.41, 5.74) is 1.13. The van der Waals surface area contributed by atoms with E-state index in [1.165, 1.54) is 0 Å². The number of hydrogen-bond acceptors (Lipinski definition) is 3. The van der Waals surface area contributed by atoms with E-state index in [9.17, 15) is 4.79 Å². The number of halogens is 1. The fraction of sp³-hybridized carbons (Fsp3) is 0.375. The summed E-state index contributed by atoms with van der Waals surface area (Å²) in [7, 11) is 0. The molecule has 1 aliphatic rings. The highest BCUT2D eigenvalue weighted by atomic mass is 79.9. The minimum atomic E-state index is 0.0374. The fourth-order valence-corrected chi connectivity index (χ4v) is 3.17. The number of amides is 1. The molecule has 2 heterocycles. The molecule has 1 aromatic heterocycles. The zero-order valence-electron chi connectivity index (χ0n) is 12.3. The summed E-state index contributed by atoms with van der Waals surface area (Å²) in [6, 6.07) is 10.2. The molecule has 5 nitrogen and oxygen atoms in total. The first-order chi connectivity index (χ1) is 10.7. The van der Waals surface area contributed by atoms with E-state index >= 15 is 0 Å². The van der Waals surface area contributed by atoms with Gasteiger partial charge in [-0.2, -0.15) is 5.10 Å². The Kier molecular flexibility index (Phi) is 4.90. The van der Waals surface area contributed by atoms with Crippen LogP contribution in [0.25, 0.3) is 0 Å². The molecular weight excluding hydrogens is 344 g/mol. The van der Waals surface area contributed by atoms with Crippen LogP contribution in [0.5, 0.6) is 0 Å². The van der Waals surface area contributed by atoms with Crippen LogP contribution in [-0.4, -0.2) is 28.3 Å². The number of rotatable bonds is 5. The zero-order valence-corrected chi connectivity index (χ0v) is 13.8. The maximum Gasteiger partial charge on any atom is 0.227 e. The Morgan fingerprint density at radius 3 is 3.14 bits per heavy atom. The monoisotopic (exact) mass is 362 g/mol. The number of nitrogens with zero attached hydrogens (tertiary/aromatic N) is 2. The molecule has 2 N–H and O–H groups in total. The van der Waals surface area contributed by atoms with E-state index in [4.69, 9.17) is 0 Å². The Bertz CT molecular complexity index is 649. The molecule has 0 bridgehead atoms. The summed E-state index contributed by atoms with van der Waals surface area (Å²) >= 11 is 3.47. The molecule has 1 aliphatic heterocycles. The van der Waals surface area contributed by atoms with Gasteiger partial charge in [0.2, 0.25) is 5.91 Å². The van der Waals surface area contributed by atoms with Crippen LogP contribution in [0.2, 0.25) is 0 Å². The first kappa shape index (κ1) is 15.2. The lowest BCUT2D eigenvalue weighted by atomic mass is 10.1. The van der Waals surface area contributed by atoms with Crippen molar-refractivity contribution >= 4 is 27.7 Å². The lowest BCUT2D eigenvalue weighted by Gasteiger charge is -2.12. The van der Waals surface area contributed by atoms with Crippen molar-refractivity contribution < 1.29 is 4.79 Å². The second kappa shape index (κ2) is 7.07. The number of anilines is 1. The molecule has 0 saturated carbocycles. The molecule has 1 unspecified atom stereocenters. The minimum absolute atomic E-state index is 0.0374. The van der Waals surface area contributed by atoms with Gasteiger partial charge in [-0.05, 0) is 37.1 Å². The molecular formula is C16H19BrN4O. The summed E-state index contributed by atoms with van der Waals surface area (Å²) in [6.07, 6.45) is 4.45. The number of aromatic nitrogens is 2. The summed E-state index contributed by atoms with van der Waals surface area (Å²) in [5, 5.41) is 10.6. The lowest BCUT2D eigenvalue weighted by molar-refractivity contribution is -0.116. The predicted molar refractivity (Wildman–Crippen MR) is 89.7 cm³/mol. The number of carbonyl (C=O) groups excluding carboxylic acids is 1. The number of carbonyl (C=O) groups is 1. The van der Waals surface area contributed by atoms with Crippen molar-refractivity contribution in [3.63, 3.8) is 0 Å². The highest BCUT2D eigenvalue weighted by molar-refractivity contribution is 9.10. The van der Waals surface area contributed by atoms with Gasteiger partial charge in [-0.1, -0.05) is 28.1 Å². The van der Waals surface area contributed by atoms with Gasteiger partial charge in [-0.25, -0.2) is 4.68 Å². The van der Waals surface area contributed by atoms with E-state index in [0.717, 1.165) is 35.2 Å². The highest BCUT2D eigenvalue weighted by Gasteiger charge is 2.18. The van der Waals surface area contributed by atoms with Gasteiger partial charge in [0.1, 0.15) is 5.82 Å². The Labute approximate surface area is 138 Å². The molecule has 1 fully saturated rings. The van der Waals surface area contributed by atoms with E-state index in [1.807, 2.05) is 28.9 Å². The van der Waals surface area contributed by atoms with Crippen LogP contribution >= 0.6 is 15.9 Å². The third kappa shape index (κ3) is 3.96. The molecule has 1 saturated heterocycles. The average molecular weight is 363 g/mol. The molecule has 0 spiro atoms. The molecule has 3 rings (SSSR count). The molecule has 1 aromatic carbocycles. The molecule has 22 heavy (non-hydrogen) atoms. The second-order valence-corrected chi connectivity index (χ2v) is 6.47. The molecule has 6 heteroatoms. The quantitative estimate of drug-likeness (QED) is 0.859. The maximum atomic E-state index is 12.1. The van der Waals surface area contributed by atoms with Crippen molar-refractivity contribution in [1.82, 2.24) is 15.1 Å². The van der Waals surface area contributed by atoms with Crippen LogP contribution in [0.4, 0.5) is 5.82 Å². The van der Waals surface area contributed by atoms with E-state index in [0.29, 0.717) is 19.0 Å².